The number of carbonyl (C=O) groups excluding carboxylic acids is 1. The highest BCUT2D eigenvalue weighted by molar-refractivity contribution is 7.21. The molecule has 1 atom stereocenters. The number of allylic oxidation sites excluding steroid dienone is 2. The fraction of sp³-hybridized carbons (Fsp3) is 0.143. The normalized spacial score (nSPS) is 17.8. The minimum absolute atomic E-state index is 0.213. The lowest BCUT2D eigenvalue weighted by Crippen LogP contribution is -2.26. The average molecular weight is 449 g/mol. The summed E-state index contributed by atoms with van der Waals surface area (Å²) in [6.07, 6.45) is 2.35. The van der Waals surface area contributed by atoms with Crippen LogP contribution in [0.25, 0.3) is 31.8 Å². The van der Waals surface area contributed by atoms with E-state index in [9.17, 15) is 4.79 Å². The van der Waals surface area contributed by atoms with Crippen molar-refractivity contribution in [3.05, 3.63) is 95.4 Å². The zero-order valence-electron chi connectivity index (χ0n) is 17.8. The van der Waals surface area contributed by atoms with Gasteiger partial charge >= 0.3 is 0 Å². The van der Waals surface area contributed by atoms with E-state index in [2.05, 4.69) is 47.8 Å². The van der Waals surface area contributed by atoms with Gasteiger partial charge in [-0.1, -0.05) is 42.5 Å². The molecule has 0 radical (unpaired) electrons. The smallest absolute Gasteiger partial charge is 0.162 e. The first-order chi connectivity index (χ1) is 16.3. The summed E-state index contributed by atoms with van der Waals surface area (Å²) in [5.74, 6) is 1.53. The van der Waals surface area contributed by atoms with Crippen molar-refractivity contribution in [3.8, 4) is 10.8 Å². The van der Waals surface area contributed by atoms with E-state index in [-0.39, 0.29) is 11.7 Å². The lowest BCUT2D eigenvalue weighted by molar-refractivity contribution is -0.116. The Morgan fingerprint density at radius 1 is 0.939 bits per heavy atom. The molecule has 1 unspecified atom stereocenters. The fourth-order valence-corrected chi connectivity index (χ4v) is 6.16. The Bertz CT molecular complexity index is 1570. The summed E-state index contributed by atoms with van der Waals surface area (Å²) in [4.78, 5) is 18.0. The van der Waals surface area contributed by atoms with Gasteiger partial charge in [0, 0.05) is 23.4 Å². The molecule has 33 heavy (non-hydrogen) atoms. The van der Waals surface area contributed by atoms with Crippen molar-refractivity contribution >= 4 is 43.8 Å². The van der Waals surface area contributed by atoms with Crippen LogP contribution < -0.4 is 5.32 Å². The summed E-state index contributed by atoms with van der Waals surface area (Å²) in [6, 6.07) is 24.8. The predicted octanol–water partition coefficient (Wildman–Crippen LogP) is 7.27. The fourth-order valence-electron chi connectivity index (χ4n) is 5.24. The van der Waals surface area contributed by atoms with Crippen LogP contribution in [0.2, 0.25) is 0 Å². The van der Waals surface area contributed by atoms with E-state index in [0.717, 1.165) is 72.9 Å². The Morgan fingerprint density at radius 2 is 1.82 bits per heavy atom. The number of thiazole rings is 1. The van der Waals surface area contributed by atoms with Crippen molar-refractivity contribution in [2.24, 2.45) is 0 Å². The zero-order valence-corrected chi connectivity index (χ0v) is 18.6. The largest absolute Gasteiger partial charge is 0.458 e. The summed E-state index contributed by atoms with van der Waals surface area (Å²) in [5.41, 5.74) is 5.05. The average Bonchev–Trinajstić information content (AvgIpc) is 3.50. The summed E-state index contributed by atoms with van der Waals surface area (Å²) < 4.78 is 7.61. The number of hydrogen-bond acceptors (Lipinski definition) is 5. The van der Waals surface area contributed by atoms with E-state index >= 15 is 0 Å². The van der Waals surface area contributed by atoms with Gasteiger partial charge in [0.1, 0.15) is 5.76 Å². The van der Waals surface area contributed by atoms with Crippen LogP contribution in [0.3, 0.4) is 0 Å². The number of Topliss-reactive ketones (excluding diaryl/α,β-unsaturated/α-hetero) is 1. The predicted molar refractivity (Wildman–Crippen MR) is 133 cm³/mol. The maximum Gasteiger partial charge on any atom is 0.162 e. The van der Waals surface area contributed by atoms with Gasteiger partial charge in [0.15, 0.2) is 16.6 Å². The molecule has 7 rings (SSSR count). The number of furan rings is 1. The second kappa shape index (κ2) is 7.15. The van der Waals surface area contributed by atoms with Crippen LogP contribution in [0.15, 0.2) is 88.5 Å². The number of nitrogens with one attached hydrogen (secondary N) is 1. The van der Waals surface area contributed by atoms with Crippen molar-refractivity contribution in [3.63, 3.8) is 0 Å². The molecule has 0 saturated heterocycles. The van der Waals surface area contributed by atoms with Crippen LogP contribution in [0, 0.1) is 0 Å². The van der Waals surface area contributed by atoms with E-state index in [0.29, 0.717) is 6.42 Å². The van der Waals surface area contributed by atoms with Gasteiger partial charge in [-0.05, 0) is 59.5 Å². The van der Waals surface area contributed by atoms with E-state index < -0.39 is 0 Å². The maximum absolute atomic E-state index is 13.2. The van der Waals surface area contributed by atoms with Crippen molar-refractivity contribution in [2.45, 2.75) is 25.2 Å². The molecule has 2 aromatic heterocycles. The summed E-state index contributed by atoms with van der Waals surface area (Å²) in [5, 5.41) is 6.75. The van der Waals surface area contributed by atoms with Crippen molar-refractivity contribution in [2.75, 3.05) is 5.32 Å². The van der Waals surface area contributed by atoms with Crippen molar-refractivity contribution in [1.82, 2.24) is 4.98 Å². The number of carbonyl (C=O) groups is 1. The molecule has 5 aromatic rings. The molecule has 160 valence electrons. The van der Waals surface area contributed by atoms with Crippen LogP contribution in [0.5, 0.6) is 0 Å². The lowest BCUT2D eigenvalue weighted by Gasteiger charge is -2.33. The van der Waals surface area contributed by atoms with E-state index in [1.54, 1.807) is 11.3 Å². The molecule has 1 N–H and O–H groups in total. The van der Waals surface area contributed by atoms with Gasteiger partial charge in [-0.25, -0.2) is 4.98 Å². The van der Waals surface area contributed by atoms with Gasteiger partial charge in [-0.15, -0.1) is 11.3 Å². The maximum atomic E-state index is 13.2. The molecule has 4 nitrogen and oxygen atoms in total. The zero-order chi connectivity index (χ0) is 21.9. The highest BCUT2D eigenvalue weighted by Gasteiger charge is 2.37. The van der Waals surface area contributed by atoms with Crippen molar-refractivity contribution < 1.29 is 9.21 Å². The SMILES string of the molecule is O=C1CCCC2=C1C(c1ccc(-c3nc4ccccc4s3)o1)c1c(ccc3ccccc13)N2. The summed E-state index contributed by atoms with van der Waals surface area (Å²) in [7, 11) is 0. The Labute approximate surface area is 194 Å². The number of rotatable bonds is 2. The highest BCUT2D eigenvalue weighted by Crippen LogP contribution is 2.49. The Morgan fingerprint density at radius 3 is 2.76 bits per heavy atom. The summed E-state index contributed by atoms with van der Waals surface area (Å²) >= 11 is 1.63. The molecule has 3 aromatic carbocycles. The second-order valence-corrected chi connectivity index (χ2v) is 9.69. The van der Waals surface area contributed by atoms with Crippen LogP contribution in [-0.2, 0) is 4.79 Å². The number of ketones is 1. The Kier molecular flexibility index (Phi) is 4.08. The minimum Gasteiger partial charge on any atom is -0.458 e. The van der Waals surface area contributed by atoms with Gasteiger partial charge in [-0.2, -0.15) is 0 Å². The molecular formula is C28H20N2O2S. The van der Waals surface area contributed by atoms with Crippen LogP contribution in [0.4, 0.5) is 5.69 Å². The monoisotopic (exact) mass is 448 g/mol. The molecule has 0 fully saturated rings. The molecule has 0 amide bonds. The molecule has 5 heteroatoms. The topological polar surface area (TPSA) is 55.1 Å². The Balaban J connectivity index is 1.44. The number of para-hydroxylation sites is 1. The first-order valence-corrected chi connectivity index (χ1v) is 12.1. The first-order valence-electron chi connectivity index (χ1n) is 11.3. The third kappa shape index (κ3) is 2.89. The molecule has 0 spiro atoms. The van der Waals surface area contributed by atoms with Gasteiger partial charge in [0.25, 0.3) is 0 Å². The Hall–Kier alpha value is -3.70. The lowest BCUT2D eigenvalue weighted by atomic mass is 9.76. The molecule has 2 aliphatic rings. The summed E-state index contributed by atoms with van der Waals surface area (Å²) in [6.45, 7) is 0. The van der Waals surface area contributed by atoms with E-state index in [1.807, 2.05) is 30.3 Å². The second-order valence-electron chi connectivity index (χ2n) is 8.66. The van der Waals surface area contributed by atoms with Gasteiger partial charge in [0.2, 0.25) is 0 Å². The quantitative estimate of drug-likeness (QED) is 0.308. The molecule has 3 heterocycles. The van der Waals surface area contributed by atoms with Crippen LogP contribution in [0.1, 0.15) is 36.5 Å². The third-order valence-corrected chi connectivity index (χ3v) is 7.76. The molecule has 0 bridgehead atoms. The standard InChI is InChI=1S/C28H20N2O2S/c31-21-10-5-9-19-26(21)27(25-17-7-2-1-6-16(17)12-13-20(25)29-19)22-14-15-23(32-22)28-30-18-8-3-4-11-24(18)33-28/h1-4,6-8,11-15,27,29H,5,9-10H2. The molecule has 0 saturated carbocycles. The number of nitrogens with zero attached hydrogens (tertiary/aromatic N) is 1. The van der Waals surface area contributed by atoms with Crippen LogP contribution >= 0.6 is 11.3 Å². The highest BCUT2D eigenvalue weighted by atomic mass is 32.1. The van der Waals surface area contributed by atoms with E-state index in [4.69, 9.17) is 9.40 Å². The number of hydrogen-bond donors (Lipinski definition) is 1. The number of anilines is 1. The molecular weight excluding hydrogens is 428 g/mol. The van der Waals surface area contributed by atoms with Crippen molar-refractivity contribution in [1.29, 1.82) is 0 Å². The number of benzene rings is 3. The third-order valence-electron chi connectivity index (χ3n) is 6.71. The molecule has 1 aliphatic heterocycles. The number of fused-ring (bicyclic) bond motifs is 4. The number of aromatic nitrogens is 1. The first kappa shape index (κ1) is 18.8. The van der Waals surface area contributed by atoms with Gasteiger partial charge < -0.3 is 9.73 Å². The van der Waals surface area contributed by atoms with Crippen LogP contribution in [-0.4, -0.2) is 10.8 Å². The van der Waals surface area contributed by atoms with E-state index in [1.165, 1.54) is 0 Å². The molecule has 1 aliphatic carbocycles. The minimum atomic E-state index is -0.224. The van der Waals surface area contributed by atoms with Gasteiger partial charge in [0.05, 0.1) is 16.1 Å². The van der Waals surface area contributed by atoms with Gasteiger partial charge in [-0.3, -0.25) is 4.79 Å².